The van der Waals surface area contributed by atoms with E-state index in [1.165, 1.54) is 18.9 Å². The predicted molar refractivity (Wildman–Crippen MR) is 74.3 cm³/mol. The summed E-state index contributed by atoms with van der Waals surface area (Å²) in [6, 6.07) is 3.29. The normalized spacial score (nSPS) is 20.9. The summed E-state index contributed by atoms with van der Waals surface area (Å²) in [5.41, 5.74) is 6.08. The Balaban J connectivity index is 1.99. The second kappa shape index (κ2) is 5.89. The van der Waals surface area contributed by atoms with Crippen LogP contribution in [0.5, 0.6) is 5.75 Å². The van der Waals surface area contributed by atoms with Crippen molar-refractivity contribution in [3.63, 3.8) is 0 Å². The Hall–Kier alpha value is -0.810. The van der Waals surface area contributed by atoms with E-state index in [1.54, 1.807) is 6.07 Å². The zero-order valence-electron chi connectivity index (χ0n) is 10.5. The molecule has 0 spiro atoms. The van der Waals surface area contributed by atoms with E-state index in [2.05, 4.69) is 27.9 Å². The molecule has 0 bridgehead atoms. The van der Waals surface area contributed by atoms with Crippen molar-refractivity contribution in [3.05, 3.63) is 22.4 Å². The van der Waals surface area contributed by atoms with Crippen molar-refractivity contribution in [1.82, 2.24) is 4.90 Å². The molecule has 100 valence electrons. The quantitative estimate of drug-likeness (QED) is 0.871. The molecule has 0 saturated carbocycles. The van der Waals surface area contributed by atoms with Gasteiger partial charge in [0.1, 0.15) is 18.2 Å². The fraction of sp³-hybridized carbons (Fsp3) is 0.538. The zero-order valence-corrected chi connectivity index (χ0v) is 12.0. The molecular weight excluding hydrogens is 299 g/mol. The summed E-state index contributed by atoms with van der Waals surface area (Å²) in [5.74, 6) is 0.178. The van der Waals surface area contributed by atoms with E-state index in [-0.39, 0.29) is 5.82 Å². The van der Waals surface area contributed by atoms with Gasteiger partial charge in [-0.3, -0.25) is 0 Å². The lowest BCUT2D eigenvalue weighted by Gasteiger charge is -2.32. The SMILES string of the molecule is CN1CCCCC1COc1cc(Br)c(F)cc1N. The van der Waals surface area contributed by atoms with Crippen molar-refractivity contribution in [2.24, 2.45) is 0 Å². The van der Waals surface area contributed by atoms with Crippen molar-refractivity contribution in [2.45, 2.75) is 25.3 Å². The number of rotatable bonds is 3. The lowest BCUT2D eigenvalue weighted by molar-refractivity contribution is 0.125. The third kappa shape index (κ3) is 3.14. The molecule has 0 aromatic heterocycles. The summed E-state index contributed by atoms with van der Waals surface area (Å²) in [7, 11) is 2.11. The number of hydrogen-bond donors (Lipinski definition) is 1. The molecular formula is C13H18BrFN2O. The molecule has 1 aliphatic heterocycles. The van der Waals surface area contributed by atoms with Crippen LogP contribution in [0.25, 0.3) is 0 Å². The Morgan fingerprint density at radius 1 is 1.50 bits per heavy atom. The Morgan fingerprint density at radius 2 is 2.28 bits per heavy atom. The zero-order chi connectivity index (χ0) is 13.1. The van der Waals surface area contributed by atoms with Gasteiger partial charge in [0, 0.05) is 12.1 Å². The number of anilines is 1. The number of likely N-dealkylation sites (N-methyl/N-ethyl adjacent to an activating group) is 1. The maximum atomic E-state index is 13.2. The lowest BCUT2D eigenvalue weighted by atomic mass is 10.0. The first-order valence-electron chi connectivity index (χ1n) is 6.15. The number of halogens is 2. The molecule has 1 heterocycles. The maximum absolute atomic E-state index is 13.2. The lowest BCUT2D eigenvalue weighted by Crippen LogP contribution is -2.40. The first kappa shape index (κ1) is 13.6. The number of ether oxygens (including phenoxy) is 1. The summed E-state index contributed by atoms with van der Waals surface area (Å²) in [6.45, 7) is 1.70. The largest absolute Gasteiger partial charge is 0.490 e. The van der Waals surface area contributed by atoms with Crippen LogP contribution in [0.4, 0.5) is 10.1 Å². The Kier molecular flexibility index (Phi) is 4.45. The van der Waals surface area contributed by atoms with E-state index < -0.39 is 0 Å². The van der Waals surface area contributed by atoms with Gasteiger partial charge in [-0.15, -0.1) is 0 Å². The standard InChI is InChI=1S/C13H18BrFN2O/c1-17-5-3-2-4-9(17)8-18-13-6-10(14)11(15)7-12(13)16/h6-7,9H,2-5,8,16H2,1H3. The Labute approximate surface area is 115 Å². The molecule has 1 aromatic carbocycles. The fourth-order valence-corrected chi connectivity index (χ4v) is 2.53. The highest BCUT2D eigenvalue weighted by atomic mass is 79.9. The Morgan fingerprint density at radius 3 is 3.00 bits per heavy atom. The number of hydrogen-bond acceptors (Lipinski definition) is 3. The predicted octanol–water partition coefficient (Wildman–Crippen LogP) is 3.03. The number of benzene rings is 1. The molecule has 1 aliphatic rings. The second-order valence-electron chi connectivity index (χ2n) is 4.75. The van der Waals surface area contributed by atoms with Crippen molar-refractivity contribution >= 4 is 21.6 Å². The topological polar surface area (TPSA) is 38.5 Å². The van der Waals surface area contributed by atoms with Crippen LogP contribution < -0.4 is 10.5 Å². The Bertz CT molecular complexity index is 428. The first-order valence-corrected chi connectivity index (χ1v) is 6.95. The van der Waals surface area contributed by atoms with Crippen molar-refractivity contribution < 1.29 is 9.13 Å². The molecule has 0 radical (unpaired) electrons. The molecule has 0 aliphatic carbocycles. The van der Waals surface area contributed by atoms with Crippen LogP contribution in [0, 0.1) is 5.82 Å². The van der Waals surface area contributed by atoms with Gasteiger partial charge in [-0.2, -0.15) is 0 Å². The molecule has 18 heavy (non-hydrogen) atoms. The molecule has 0 amide bonds. The minimum absolute atomic E-state index is 0.342. The maximum Gasteiger partial charge on any atom is 0.143 e. The number of nitrogens with zero attached hydrogens (tertiary/aromatic N) is 1. The van der Waals surface area contributed by atoms with Gasteiger partial charge in [-0.05, 0) is 48.4 Å². The molecule has 2 N–H and O–H groups in total. The van der Waals surface area contributed by atoms with Gasteiger partial charge in [-0.1, -0.05) is 6.42 Å². The summed E-state index contributed by atoms with van der Waals surface area (Å²) in [5, 5.41) is 0. The van der Waals surface area contributed by atoms with E-state index in [9.17, 15) is 4.39 Å². The van der Waals surface area contributed by atoms with Crippen LogP contribution in [-0.4, -0.2) is 31.1 Å². The van der Waals surface area contributed by atoms with Gasteiger partial charge in [0.15, 0.2) is 0 Å². The van der Waals surface area contributed by atoms with E-state index in [0.717, 1.165) is 13.0 Å². The first-order chi connectivity index (χ1) is 8.58. The molecule has 5 heteroatoms. The third-order valence-corrected chi connectivity index (χ3v) is 4.01. The highest BCUT2D eigenvalue weighted by Crippen LogP contribution is 2.29. The summed E-state index contributed by atoms with van der Waals surface area (Å²) >= 11 is 3.14. The minimum Gasteiger partial charge on any atom is -0.490 e. The highest BCUT2D eigenvalue weighted by molar-refractivity contribution is 9.10. The van der Waals surface area contributed by atoms with Crippen molar-refractivity contribution in [2.75, 3.05) is 25.9 Å². The summed E-state index contributed by atoms with van der Waals surface area (Å²) in [6.07, 6.45) is 3.62. The smallest absolute Gasteiger partial charge is 0.143 e. The number of nitrogen functional groups attached to an aromatic ring is 1. The highest BCUT2D eigenvalue weighted by Gasteiger charge is 2.20. The van der Waals surface area contributed by atoms with Gasteiger partial charge in [0.25, 0.3) is 0 Å². The third-order valence-electron chi connectivity index (χ3n) is 3.41. The number of piperidine rings is 1. The van der Waals surface area contributed by atoms with Gasteiger partial charge in [0.05, 0.1) is 10.2 Å². The second-order valence-corrected chi connectivity index (χ2v) is 5.60. The van der Waals surface area contributed by atoms with Crippen LogP contribution in [0.15, 0.2) is 16.6 Å². The van der Waals surface area contributed by atoms with Gasteiger partial charge in [0.2, 0.25) is 0 Å². The van der Waals surface area contributed by atoms with Crippen LogP contribution in [0.1, 0.15) is 19.3 Å². The van der Waals surface area contributed by atoms with Crippen molar-refractivity contribution in [1.29, 1.82) is 0 Å². The van der Waals surface area contributed by atoms with Gasteiger partial charge >= 0.3 is 0 Å². The molecule has 1 fully saturated rings. The monoisotopic (exact) mass is 316 g/mol. The van der Waals surface area contributed by atoms with Gasteiger partial charge in [-0.25, -0.2) is 4.39 Å². The van der Waals surface area contributed by atoms with Crippen molar-refractivity contribution in [3.8, 4) is 5.75 Å². The summed E-state index contributed by atoms with van der Waals surface area (Å²) in [4.78, 5) is 2.30. The molecule has 2 rings (SSSR count). The van der Waals surface area contributed by atoms with E-state index >= 15 is 0 Å². The van der Waals surface area contributed by atoms with Crippen LogP contribution in [-0.2, 0) is 0 Å². The average molecular weight is 317 g/mol. The van der Waals surface area contributed by atoms with E-state index in [4.69, 9.17) is 10.5 Å². The van der Waals surface area contributed by atoms with Crippen LogP contribution in [0.2, 0.25) is 0 Å². The minimum atomic E-state index is -0.366. The molecule has 1 aromatic rings. The van der Waals surface area contributed by atoms with E-state index in [0.29, 0.717) is 28.6 Å². The summed E-state index contributed by atoms with van der Waals surface area (Å²) < 4.78 is 19.3. The van der Waals surface area contributed by atoms with E-state index in [1.807, 2.05) is 0 Å². The van der Waals surface area contributed by atoms with Gasteiger partial charge < -0.3 is 15.4 Å². The average Bonchev–Trinajstić information content (AvgIpc) is 2.34. The number of likely N-dealkylation sites (tertiary alicyclic amines) is 1. The molecule has 1 atom stereocenters. The number of nitrogens with two attached hydrogens (primary N) is 1. The fourth-order valence-electron chi connectivity index (χ4n) is 2.21. The molecule has 3 nitrogen and oxygen atoms in total. The van der Waals surface area contributed by atoms with Crippen LogP contribution in [0.3, 0.4) is 0 Å². The molecule has 1 unspecified atom stereocenters. The molecule has 1 saturated heterocycles. The van der Waals surface area contributed by atoms with Crippen LogP contribution >= 0.6 is 15.9 Å².